The molecule has 0 spiro atoms. The van der Waals surface area contributed by atoms with E-state index in [2.05, 4.69) is 49.6 Å². The number of carboxylic acid groups (broad SMARTS) is 1. The van der Waals surface area contributed by atoms with Crippen LogP contribution in [0.4, 0.5) is 10.5 Å². The largest absolute Gasteiger partial charge is 0.494 e. The molecule has 2 fully saturated rings. The number of carbonyl (C=O) groups is 1. The van der Waals surface area contributed by atoms with Gasteiger partial charge in [-0.15, -0.1) is 0 Å². The Bertz CT molecular complexity index is 686. The number of piperazine rings is 1. The Kier molecular flexibility index (Phi) is 7.50. The molecule has 2 heterocycles. The van der Waals surface area contributed by atoms with Crippen LogP contribution in [-0.4, -0.2) is 72.4 Å². The van der Waals surface area contributed by atoms with Crippen LogP contribution in [0.15, 0.2) is 24.3 Å². The fourth-order valence-corrected chi connectivity index (χ4v) is 4.69. The molecule has 2 aliphatic rings. The van der Waals surface area contributed by atoms with Gasteiger partial charge in [0, 0.05) is 37.9 Å². The first-order chi connectivity index (χ1) is 14.3. The van der Waals surface area contributed by atoms with Crippen LogP contribution >= 0.6 is 0 Å². The van der Waals surface area contributed by atoms with Gasteiger partial charge in [0.15, 0.2) is 0 Å². The Morgan fingerprint density at radius 2 is 1.87 bits per heavy atom. The molecule has 1 amide bonds. The lowest BCUT2D eigenvalue weighted by molar-refractivity contribution is 0.0748. The van der Waals surface area contributed by atoms with E-state index in [1.165, 1.54) is 25.8 Å². The van der Waals surface area contributed by atoms with Gasteiger partial charge < -0.3 is 24.5 Å². The number of anilines is 1. The predicted octanol–water partition coefficient (Wildman–Crippen LogP) is 4.54. The molecule has 0 bridgehead atoms. The fourth-order valence-electron chi connectivity index (χ4n) is 4.69. The number of benzene rings is 1. The zero-order valence-corrected chi connectivity index (χ0v) is 19.1. The molecule has 1 N–H and O–H groups in total. The van der Waals surface area contributed by atoms with Gasteiger partial charge in [0.2, 0.25) is 0 Å². The van der Waals surface area contributed by atoms with Crippen LogP contribution in [-0.2, 0) is 0 Å². The Balaban J connectivity index is 1.49. The molecule has 30 heavy (non-hydrogen) atoms. The molecule has 2 unspecified atom stereocenters. The van der Waals surface area contributed by atoms with Crippen molar-refractivity contribution in [2.24, 2.45) is 5.41 Å². The molecule has 6 nitrogen and oxygen atoms in total. The molecule has 0 radical (unpaired) electrons. The molecular weight excluding hydrogens is 378 g/mol. The summed E-state index contributed by atoms with van der Waals surface area (Å²) in [5.41, 5.74) is 1.02. The van der Waals surface area contributed by atoms with E-state index in [-0.39, 0.29) is 11.5 Å². The normalized spacial score (nSPS) is 23.5. The maximum atomic E-state index is 11.6. The number of hydrogen-bond donors (Lipinski definition) is 1. The molecular formula is C24H39N3O3. The summed E-state index contributed by atoms with van der Waals surface area (Å²) in [4.78, 5) is 18.1. The van der Waals surface area contributed by atoms with Gasteiger partial charge in [-0.3, -0.25) is 0 Å². The highest BCUT2D eigenvalue weighted by molar-refractivity contribution is 5.66. The van der Waals surface area contributed by atoms with Gasteiger partial charge >= 0.3 is 6.09 Å². The number of nitrogens with zero attached hydrogens (tertiary/aromatic N) is 3. The highest BCUT2D eigenvalue weighted by atomic mass is 16.5. The van der Waals surface area contributed by atoms with Crippen molar-refractivity contribution in [2.45, 2.75) is 65.5 Å². The molecule has 2 saturated heterocycles. The molecule has 6 heteroatoms. The van der Waals surface area contributed by atoms with Gasteiger partial charge in [0.1, 0.15) is 5.75 Å². The first kappa shape index (κ1) is 22.7. The quantitative estimate of drug-likeness (QED) is 0.689. The number of rotatable bonds is 6. The zero-order chi connectivity index (χ0) is 21.7. The molecule has 0 aromatic heterocycles. The van der Waals surface area contributed by atoms with E-state index in [1.807, 2.05) is 12.1 Å². The summed E-state index contributed by atoms with van der Waals surface area (Å²) in [6.07, 6.45) is 4.24. The Hall–Kier alpha value is -1.95. The molecule has 2 aliphatic heterocycles. The van der Waals surface area contributed by atoms with E-state index >= 15 is 0 Å². The zero-order valence-electron chi connectivity index (χ0n) is 19.1. The molecule has 0 saturated carbocycles. The first-order valence-corrected chi connectivity index (χ1v) is 11.5. The molecule has 1 aromatic carbocycles. The first-order valence-electron chi connectivity index (χ1n) is 11.5. The van der Waals surface area contributed by atoms with Crippen molar-refractivity contribution in [1.82, 2.24) is 9.80 Å². The summed E-state index contributed by atoms with van der Waals surface area (Å²) in [6.45, 7) is 13.7. The standard InChI is InChI=1S/C24H39N3O3/c1-19-8-5-6-13-25(19)14-7-17-30-21-11-9-20(10-12-21)26-15-16-27(23(28)29)22(18-26)24(2,3)4/h9-12,19,22H,5-8,13-18H2,1-4H3,(H,28,29). The summed E-state index contributed by atoms with van der Waals surface area (Å²) in [6, 6.07) is 8.94. The SMILES string of the molecule is CC1CCCCN1CCCOc1ccc(N2CCN(C(=O)O)C(C(C)(C)C)C2)cc1. The van der Waals surface area contributed by atoms with Crippen LogP contribution in [0.3, 0.4) is 0 Å². The highest BCUT2D eigenvalue weighted by Crippen LogP contribution is 2.30. The van der Waals surface area contributed by atoms with Crippen molar-refractivity contribution in [2.75, 3.05) is 44.2 Å². The Morgan fingerprint density at radius 1 is 1.13 bits per heavy atom. The van der Waals surface area contributed by atoms with Crippen LogP contribution < -0.4 is 9.64 Å². The van der Waals surface area contributed by atoms with Crippen LogP contribution in [0.2, 0.25) is 0 Å². The summed E-state index contributed by atoms with van der Waals surface area (Å²) in [5.74, 6) is 0.905. The van der Waals surface area contributed by atoms with Gasteiger partial charge in [-0.1, -0.05) is 27.2 Å². The van der Waals surface area contributed by atoms with Crippen LogP contribution in [0, 0.1) is 5.41 Å². The maximum absolute atomic E-state index is 11.6. The predicted molar refractivity (Wildman–Crippen MR) is 122 cm³/mol. The van der Waals surface area contributed by atoms with E-state index in [1.54, 1.807) is 4.90 Å². The third-order valence-corrected chi connectivity index (χ3v) is 6.63. The van der Waals surface area contributed by atoms with Crippen LogP contribution in [0.5, 0.6) is 5.75 Å². The van der Waals surface area contributed by atoms with Crippen molar-refractivity contribution in [1.29, 1.82) is 0 Å². The molecule has 2 atom stereocenters. The van der Waals surface area contributed by atoms with Gasteiger partial charge in [0.25, 0.3) is 0 Å². The lowest BCUT2D eigenvalue weighted by Crippen LogP contribution is -2.59. The van der Waals surface area contributed by atoms with E-state index in [4.69, 9.17) is 4.74 Å². The second-order valence-electron chi connectivity index (χ2n) is 9.88. The molecule has 168 valence electrons. The van der Waals surface area contributed by atoms with E-state index < -0.39 is 6.09 Å². The summed E-state index contributed by atoms with van der Waals surface area (Å²) < 4.78 is 5.97. The van der Waals surface area contributed by atoms with Crippen molar-refractivity contribution in [3.8, 4) is 5.75 Å². The summed E-state index contributed by atoms with van der Waals surface area (Å²) >= 11 is 0. The summed E-state index contributed by atoms with van der Waals surface area (Å²) in [7, 11) is 0. The Labute approximate surface area is 181 Å². The van der Waals surface area contributed by atoms with Crippen LogP contribution in [0.25, 0.3) is 0 Å². The molecule has 3 rings (SSSR count). The second-order valence-corrected chi connectivity index (χ2v) is 9.88. The smallest absolute Gasteiger partial charge is 0.407 e. The van der Waals surface area contributed by atoms with Crippen molar-refractivity contribution in [3.05, 3.63) is 24.3 Å². The highest BCUT2D eigenvalue weighted by Gasteiger charge is 2.38. The minimum atomic E-state index is -0.822. The average Bonchev–Trinajstić information content (AvgIpc) is 2.72. The topological polar surface area (TPSA) is 56.2 Å². The average molecular weight is 418 g/mol. The fraction of sp³-hybridized carbons (Fsp3) is 0.708. The monoisotopic (exact) mass is 417 g/mol. The van der Waals surface area contributed by atoms with E-state index in [0.29, 0.717) is 25.7 Å². The molecule has 0 aliphatic carbocycles. The van der Waals surface area contributed by atoms with Crippen molar-refractivity contribution >= 4 is 11.8 Å². The maximum Gasteiger partial charge on any atom is 0.407 e. The lowest BCUT2D eigenvalue weighted by atomic mass is 9.84. The lowest BCUT2D eigenvalue weighted by Gasteiger charge is -2.46. The van der Waals surface area contributed by atoms with Gasteiger partial charge in [-0.2, -0.15) is 0 Å². The van der Waals surface area contributed by atoms with E-state index in [9.17, 15) is 9.90 Å². The van der Waals surface area contributed by atoms with Crippen molar-refractivity contribution in [3.63, 3.8) is 0 Å². The minimum absolute atomic E-state index is 0.0307. The van der Waals surface area contributed by atoms with Crippen LogP contribution in [0.1, 0.15) is 53.4 Å². The van der Waals surface area contributed by atoms with Gasteiger partial charge in [0.05, 0.1) is 12.6 Å². The summed E-state index contributed by atoms with van der Waals surface area (Å²) in [5, 5.41) is 9.55. The minimum Gasteiger partial charge on any atom is -0.494 e. The van der Waals surface area contributed by atoms with Gasteiger partial charge in [-0.25, -0.2) is 4.79 Å². The van der Waals surface area contributed by atoms with E-state index in [0.717, 1.165) is 31.0 Å². The second kappa shape index (κ2) is 9.90. The third-order valence-electron chi connectivity index (χ3n) is 6.63. The van der Waals surface area contributed by atoms with Gasteiger partial charge in [-0.05, 0) is 62.4 Å². The number of likely N-dealkylation sites (tertiary alicyclic amines) is 1. The third kappa shape index (κ3) is 5.81. The number of amides is 1. The number of piperidine rings is 1. The van der Waals surface area contributed by atoms with Crippen molar-refractivity contribution < 1.29 is 14.6 Å². The number of hydrogen-bond acceptors (Lipinski definition) is 4. The molecule has 1 aromatic rings. The Morgan fingerprint density at radius 3 is 2.50 bits per heavy atom. The number of ether oxygens (including phenoxy) is 1.